The van der Waals surface area contributed by atoms with Crippen LogP contribution >= 0.6 is 0 Å². The standard InChI is InChI=1S/C46H30N4/c1-2-12-32(13-3-1)44-37-17-4-6-19-39(37)45(40-20-7-5-18-38(40)44)35-15-10-14-34(28-35)42-29-43(36-16-11-26-47-30-36)50-46(49-42)33-24-22-31(23-25-33)41-21-8-9-27-48-41/h1-30H. The van der Waals surface area contributed by atoms with Crippen molar-refractivity contribution >= 4 is 21.5 Å². The summed E-state index contributed by atoms with van der Waals surface area (Å²) in [6.45, 7) is 0. The summed E-state index contributed by atoms with van der Waals surface area (Å²) in [4.78, 5) is 19.1. The fourth-order valence-electron chi connectivity index (χ4n) is 6.90. The van der Waals surface area contributed by atoms with Crippen LogP contribution in [-0.2, 0) is 0 Å². The Morgan fingerprint density at radius 2 is 0.880 bits per heavy atom. The summed E-state index contributed by atoms with van der Waals surface area (Å²) < 4.78 is 0. The summed E-state index contributed by atoms with van der Waals surface area (Å²) >= 11 is 0. The topological polar surface area (TPSA) is 51.6 Å². The van der Waals surface area contributed by atoms with Gasteiger partial charge < -0.3 is 0 Å². The van der Waals surface area contributed by atoms with Gasteiger partial charge in [-0.15, -0.1) is 0 Å². The molecule has 50 heavy (non-hydrogen) atoms. The predicted molar refractivity (Wildman–Crippen MR) is 205 cm³/mol. The van der Waals surface area contributed by atoms with Crippen molar-refractivity contribution in [3.63, 3.8) is 0 Å². The Hall–Kier alpha value is -6.78. The number of hydrogen-bond donors (Lipinski definition) is 0. The summed E-state index contributed by atoms with van der Waals surface area (Å²) in [5.74, 6) is 0.655. The molecule has 9 aromatic rings. The largest absolute Gasteiger partial charge is 0.264 e. The smallest absolute Gasteiger partial charge is 0.160 e. The lowest BCUT2D eigenvalue weighted by Gasteiger charge is -2.18. The van der Waals surface area contributed by atoms with Gasteiger partial charge in [0.25, 0.3) is 0 Å². The molecule has 0 aliphatic carbocycles. The summed E-state index contributed by atoms with van der Waals surface area (Å²) in [6.07, 6.45) is 5.44. The van der Waals surface area contributed by atoms with Crippen molar-refractivity contribution in [2.24, 2.45) is 0 Å². The average molecular weight is 639 g/mol. The van der Waals surface area contributed by atoms with Crippen LogP contribution in [0.1, 0.15) is 0 Å². The minimum atomic E-state index is 0.655. The number of benzene rings is 6. The normalized spacial score (nSPS) is 11.2. The molecule has 4 nitrogen and oxygen atoms in total. The molecule has 9 rings (SSSR count). The van der Waals surface area contributed by atoms with Crippen LogP contribution < -0.4 is 0 Å². The van der Waals surface area contributed by atoms with Gasteiger partial charge in [-0.05, 0) is 80.2 Å². The second kappa shape index (κ2) is 12.7. The second-order valence-electron chi connectivity index (χ2n) is 12.3. The Morgan fingerprint density at radius 3 is 1.52 bits per heavy atom. The van der Waals surface area contributed by atoms with Gasteiger partial charge in [0.05, 0.1) is 17.1 Å². The summed E-state index contributed by atoms with van der Waals surface area (Å²) in [7, 11) is 0. The molecule has 0 amide bonds. The molecule has 0 radical (unpaired) electrons. The number of rotatable bonds is 6. The van der Waals surface area contributed by atoms with Gasteiger partial charge in [0.1, 0.15) is 0 Å². The molecule has 0 aliphatic rings. The van der Waals surface area contributed by atoms with Gasteiger partial charge in [-0.3, -0.25) is 9.97 Å². The summed E-state index contributed by atoms with van der Waals surface area (Å²) in [5.41, 5.74) is 11.3. The summed E-state index contributed by atoms with van der Waals surface area (Å²) in [5, 5.41) is 4.90. The molecule has 0 fully saturated rings. The molecular weight excluding hydrogens is 609 g/mol. The van der Waals surface area contributed by atoms with Crippen molar-refractivity contribution in [3.8, 4) is 67.4 Å². The highest BCUT2D eigenvalue weighted by atomic mass is 14.9. The first-order valence-corrected chi connectivity index (χ1v) is 16.7. The zero-order valence-electron chi connectivity index (χ0n) is 27.1. The predicted octanol–water partition coefficient (Wildman–Crippen LogP) is 11.6. The van der Waals surface area contributed by atoms with Crippen molar-refractivity contribution in [1.29, 1.82) is 0 Å². The van der Waals surface area contributed by atoms with Crippen LogP contribution in [-0.4, -0.2) is 19.9 Å². The molecule has 4 heteroatoms. The first-order chi connectivity index (χ1) is 24.8. The minimum absolute atomic E-state index is 0.655. The van der Waals surface area contributed by atoms with Crippen LogP contribution in [0.2, 0.25) is 0 Å². The van der Waals surface area contributed by atoms with Crippen LogP contribution in [0.5, 0.6) is 0 Å². The third kappa shape index (κ3) is 5.39. The third-order valence-corrected chi connectivity index (χ3v) is 9.23. The monoisotopic (exact) mass is 638 g/mol. The van der Waals surface area contributed by atoms with Crippen molar-refractivity contribution in [2.45, 2.75) is 0 Å². The van der Waals surface area contributed by atoms with Crippen LogP contribution in [0, 0.1) is 0 Å². The zero-order chi connectivity index (χ0) is 33.3. The Bertz CT molecular complexity index is 2560. The number of hydrogen-bond acceptors (Lipinski definition) is 4. The molecule has 234 valence electrons. The van der Waals surface area contributed by atoms with Crippen LogP contribution in [0.4, 0.5) is 0 Å². The van der Waals surface area contributed by atoms with E-state index < -0.39 is 0 Å². The highest BCUT2D eigenvalue weighted by Crippen LogP contribution is 2.44. The van der Waals surface area contributed by atoms with E-state index in [9.17, 15) is 0 Å². The van der Waals surface area contributed by atoms with E-state index in [1.165, 1.54) is 38.2 Å². The average Bonchev–Trinajstić information content (AvgIpc) is 3.21. The highest BCUT2D eigenvalue weighted by molar-refractivity contribution is 6.21. The molecular formula is C46H30N4. The van der Waals surface area contributed by atoms with Gasteiger partial charge in [0.2, 0.25) is 0 Å². The van der Waals surface area contributed by atoms with Gasteiger partial charge >= 0.3 is 0 Å². The van der Waals surface area contributed by atoms with Crippen molar-refractivity contribution < 1.29 is 0 Å². The van der Waals surface area contributed by atoms with Gasteiger partial charge in [0, 0.05) is 40.8 Å². The molecule has 0 spiro atoms. The zero-order valence-corrected chi connectivity index (χ0v) is 27.1. The molecule has 3 heterocycles. The van der Waals surface area contributed by atoms with E-state index in [2.05, 4.69) is 143 Å². The Labute approximate surface area is 290 Å². The molecule has 0 saturated heterocycles. The second-order valence-corrected chi connectivity index (χ2v) is 12.3. The van der Waals surface area contributed by atoms with Crippen molar-refractivity contribution in [3.05, 3.63) is 182 Å². The van der Waals surface area contributed by atoms with Crippen molar-refractivity contribution in [1.82, 2.24) is 19.9 Å². The highest BCUT2D eigenvalue weighted by Gasteiger charge is 2.18. The number of aromatic nitrogens is 4. The number of fused-ring (bicyclic) bond motifs is 2. The fourth-order valence-corrected chi connectivity index (χ4v) is 6.90. The first-order valence-electron chi connectivity index (χ1n) is 16.7. The molecule has 0 bridgehead atoms. The van der Waals surface area contributed by atoms with E-state index >= 15 is 0 Å². The molecule has 6 aromatic carbocycles. The maximum absolute atomic E-state index is 5.17. The quantitative estimate of drug-likeness (QED) is 0.170. The van der Waals surface area contributed by atoms with Crippen LogP contribution in [0.25, 0.3) is 89.0 Å². The van der Waals surface area contributed by atoms with Gasteiger partial charge in [-0.1, -0.05) is 127 Å². The van der Waals surface area contributed by atoms with E-state index in [1.54, 1.807) is 6.20 Å². The minimum Gasteiger partial charge on any atom is -0.264 e. The van der Waals surface area contributed by atoms with Crippen LogP contribution in [0.15, 0.2) is 182 Å². The maximum atomic E-state index is 5.17. The number of pyridine rings is 2. The Balaban J connectivity index is 1.22. The first kappa shape index (κ1) is 29.4. The van der Waals surface area contributed by atoms with Gasteiger partial charge in [-0.25, -0.2) is 9.97 Å². The van der Waals surface area contributed by atoms with Crippen molar-refractivity contribution in [2.75, 3.05) is 0 Å². The molecule has 0 N–H and O–H groups in total. The fraction of sp³-hybridized carbons (Fsp3) is 0. The molecule has 0 aliphatic heterocycles. The lowest BCUT2D eigenvalue weighted by Crippen LogP contribution is -1.97. The molecule has 0 unspecified atom stereocenters. The summed E-state index contributed by atoms with van der Waals surface area (Å²) in [6, 6.07) is 57.2. The van der Waals surface area contributed by atoms with Gasteiger partial charge in [-0.2, -0.15) is 0 Å². The third-order valence-electron chi connectivity index (χ3n) is 9.23. The SMILES string of the molecule is c1ccc(-c2c3ccccc3c(-c3cccc(-c4cc(-c5cccnc5)nc(-c5ccc(-c6ccccn6)cc5)n4)c3)c3ccccc23)cc1. The lowest BCUT2D eigenvalue weighted by atomic mass is 9.85. The molecule has 0 atom stereocenters. The molecule has 3 aromatic heterocycles. The van der Waals surface area contributed by atoms with Gasteiger partial charge in [0.15, 0.2) is 5.82 Å². The Kier molecular flexibility index (Phi) is 7.45. The van der Waals surface area contributed by atoms with E-state index in [4.69, 9.17) is 9.97 Å². The van der Waals surface area contributed by atoms with E-state index in [1.807, 2.05) is 42.7 Å². The Morgan fingerprint density at radius 1 is 0.320 bits per heavy atom. The number of nitrogens with zero attached hydrogens (tertiary/aromatic N) is 4. The van der Waals surface area contributed by atoms with E-state index in [0.717, 1.165) is 44.9 Å². The van der Waals surface area contributed by atoms with E-state index in [-0.39, 0.29) is 0 Å². The lowest BCUT2D eigenvalue weighted by molar-refractivity contribution is 1.18. The van der Waals surface area contributed by atoms with E-state index in [0.29, 0.717) is 5.82 Å². The maximum Gasteiger partial charge on any atom is 0.160 e. The van der Waals surface area contributed by atoms with Crippen LogP contribution in [0.3, 0.4) is 0 Å². The molecule has 0 saturated carbocycles.